The van der Waals surface area contributed by atoms with Gasteiger partial charge >= 0.3 is 6.03 Å². The van der Waals surface area contributed by atoms with Gasteiger partial charge in [0.2, 0.25) is 5.91 Å². The van der Waals surface area contributed by atoms with Crippen molar-refractivity contribution in [3.05, 3.63) is 70.9 Å². The third-order valence-corrected chi connectivity index (χ3v) is 6.20. The number of amides is 4. The Morgan fingerprint density at radius 1 is 1.03 bits per heavy atom. The summed E-state index contributed by atoms with van der Waals surface area (Å²) >= 11 is 1.48. The number of nitrogens with zero attached hydrogens (tertiary/aromatic N) is 2. The van der Waals surface area contributed by atoms with Crippen LogP contribution in [-0.2, 0) is 16.1 Å². The molecule has 1 aliphatic heterocycles. The maximum Gasteiger partial charge on any atom is 0.322 e. The number of benzene rings is 2. The van der Waals surface area contributed by atoms with Gasteiger partial charge in [0.05, 0.1) is 32.9 Å². The monoisotopic (exact) mass is 465 g/mol. The van der Waals surface area contributed by atoms with E-state index in [1.54, 1.807) is 62.8 Å². The molecule has 9 heteroatoms. The summed E-state index contributed by atoms with van der Waals surface area (Å²) in [5, 5.41) is 4.73. The highest BCUT2D eigenvalue weighted by Gasteiger charge is 2.44. The number of carbonyl (C=O) groups excluding carboxylic acids is 3. The molecule has 1 aromatic heterocycles. The normalized spacial score (nSPS) is 15.5. The van der Waals surface area contributed by atoms with Crippen molar-refractivity contribution >= 4 is 40.6 Å². The van der Waals surface area contributed by atoms with Crippen LogP contribution in [0, 0.1) is 0 Å². The molecule has 33 heavy (non-hydrogen) atoms. The molecule has 0 aliphatic carbocycles. The van der Waals surface area contributed by atoms with Crippen molar-refractivity contribution in [3.63, 3.8) is 0 Å². The lowest BCUT2D eigenvalue weighted by Crippen LogP contribution is -2.46. The molecule has 2 heterocycles. The molecule has 1 fully saturated rings. The fourth-order valence-electron chi connectivity index (χ4n) is 3.63. The maximum atomic E-state index is 13.3. The number of urea groups is 1. The molecule has 0 radical (unpaired) electrons. The molecule has 1 atom stereocenters. The van der Waals surface area contributed by atoms with Crippen molar-refractivity contribution in [2.24, 2.45) is 0 Å². The highest BCUT2D eigenvalue weighted by molar-refractivity contribution is 7.09. The first kappa shape index (κ1) is 22.3. The van der Waals surface area contributed by atoms with Gasteiger partial charge in [-0.1, -0.05) is 6.07 Å². The van der Waals surface area contributed by atoms with Gasteiger partial charge in [0.1, 0.15) is 17.5 Å². The number of thiophene rings is 1. The SMILES string of the molecule is COc1ccc(NC(=O)N(Cc2cccs2)[C@@H]2CC(=O)N(c3ccc(OC)cc3)C2=O)cc1. The Bertz CT molecular complexity index is 1130. The Balaban J connectivity index is 1.58. The Labute approximate surface area is 195 Å². The van der Waals surface area contributed by atoms with E-state index in [4.69, 9.17) is 9.47 Å². The summed E-state index contributed by atoms with van der Waals surface area (Å²) in [5.74, 6) is 0.484. The third kappa shape index (κ3) is 4.83. The molecule has 4 amide bonds. The molecule has 1 aliphatic rings. The average molecular weight is 466 g/mol. The molecule has 2 aromatic carbocycles. The molecule has 170 valence electrons. The predicted molar refractivity (Wildman–Crippen MR) is 126 cm³/mol. The van der Waals surface area contributed by atoms with Crippen LogP contribution in [0.4, 0.5) is 16.2 Å². The predicted octanol–water partition coefficient (Wildman–Crippen LogP) is 4.13. The van der Waals surface area contributed by atoms with Gasteiger partial charge in [-0.25, -0.2) is 9.69 Å². The van der Waals surface area contributed by atoms with Gasteiger partial charge in [0, 0.05) is 10.6 Å². The van der Waals surface area contributed by atoms with Gasteiger partial charge < -0.3 is 19.7 Å². The van der Waals surface area contributed by atoms with Gasteiger partial charge in [-0.15, -0.1) is 11.3 Å². The van der Waals surface area contributed by atoms with Crippen LogP contribution in [0.5, 0.6) is 11.5 Å². The molecule has 0 unspecified atom stereocenters. The van der Waals surface area contributed by atoms with E-state index < -0.39 is 18.0 Å². The number of imide groups is 1. The molecular weight excluding hydrogens is 442 g/mol. The van der Waals surface area contributed by atoms with Gasteiger partial charge in [-0.3, -0.25) is 9.59 Å². The smallest absolute Gasteiger partial charge is 0.322 e. The molecule has 4 rings (SSSR count). The van der Waals surface area contributed by atoms with Crippen molar-refractivity contribution in [3.8, 4) is 11.5 Å². The average Bonchev–Trinajstić information content (AvgIpc) is 3.45. The van der Waals surface area contributed by atoms with E-state index in [1.807, 2.05) is 17.5 Å². The lowest BCUT2D eigenvalue weighted by molar-refractivity contribution is -0.122. The standard InChI is InChI=1S/C24H23N3O5S/c1-31-18-9-5-16(6-10-18)25-24(30)26(15-20-4-3-13-33-20)21-14-22(28)27(23(21)29)17-7-11-19(32-2)12-8-17/h3-13,21H,14-15H2,1-2H3,(H,25,30)/t21-/m1/s1. The summed E-state index contributed by atoms with van der Waals surface area (Å²) in [6.45, 7) is 0.208. The molecular formula is C24H23N3O5S. The Kier molecular flexibility index (Phi) is 6.60. The summed E-state index contributed by atoms with van der Waals surface area (Å²) in [6.07, 6.45) is -0.0910. The zero-order chi connectivity index (χ0) is 23.4. The van der Waals surface area contributed by atoms with Crippen LogP contribution >= 0.6 is 11.3 Å². The van der Waals surface area contributed by atoms with E-state index in [9.17, 15) is 14.4 Å². The number of ether oxygens (including phenoxy) is 2. The lowest BCUT2D eigenvalue weighted by Gasteiger charge is -2.27. The van der Waals surface area contributed by atoms with Gasteiger partial charge in [-0.2, -0.15) is 0 Å². The number of hydrogen-bond donors (Lipinski definition) is 1. The Hall–Kier alpha value is -3.85. The second kappa shape index (κ2) is 9.74. The van der Waals surface area contributed by atoms with Crippen molar-refractivity contribution in [2.75, 3.05) is 24.4 Å². The van der Waals surface area contributed by atoms with Crippen LogP contribution in [-0.4, -0.2) is 43.0 Å². The first-order valence-corrected chi connectivity index (χ1v) is 11.1. The van der Waals surface area contributed by atoms with Crippen LogP contribution in [0.2, 0.25) is 0 Å². The van der Waals surface area contributed by atoms with Gasteiger partial charge in [0.15, 0.2) is 0 Å². The van der Waals surface area contributed by atoms with Crippen LogP contribution < -0.4 is 19.7 Å². The van der Waals surface area contributed by atoms with Crippen molar-refractivity contribution in [1.29, 1.82) is 0 Å². The van der Waals surface area contributed by atoms with E-state index in [2.05, 4.69) is 5.32 Å². The number of nitrogens with one attached hydrogen (secondary N) is 1. The lowest BCUT2D eigenvalue weighted by atomic mass is 10.2. The summed E-state index contributed by atoms with van der Waals surface area (Å²) < 4.78 is 10.3. The van der Waals surface area contributed by atoms with Crippen molar-refractivity contribution in [1.82, 2.24) is 4.90 Å². The number of rotatable bonds is 7. The van der Waals surface area contributed by atoms with E-state index in [1.165, 1.54) is 16.2 Å². The first-order valence-electron chi connectivity index (χ1n) is 10.2. The van der Waals surface area contributed by atoms with E-state index in [0.717, 1.165) is 9.78 Å². The summed E-state index contributed by atoms with van der Waals surface area (Å²) in [5.41, 5.74) is 1.00. The number of anilines is 2. The topological polar surface area (TPSA) is 88.2 Å². The number of carbonyl (C=O) groups is 3. The van der Waals surface area contributed by atoms with E-state index in [-0.39, 0.29) is 18.9 Å². The zero-order valence-corrected chi connectivity index (χ0v) is 19.0. The first-order chi connectivity index (χ1) is 16.0. The quantitative estimate of drug-likeness (QED) is 0.530. The zero-order valence-electron chi connectivity index (χ0n) is 18.2. The molecule has 8 nitrogen and oxygen atoms in total. The van der Waals surface area contributed by atoms with Crippen LogP contribution in [0.15, 0.2) is 66.0 Å². The van der Waals surface area contributed by atoms with Crippen molar-refractivity contribution in [2.45, 2.75) is 19.0 Å². The van der Waals surface area contributed by atoms with Crippen LogP contribution in [0.25, 0.3) is 0 Å². The van der Waals surface area contributed by atoms with Crippen LogP contribution in [0.1, 0.15) is 11.3 Å². The number of hydrogen-bond acceptors (Lipinski definition) is 6. The molecule has 1 N–H and O–H groups in total. The molecule has 0 bridgehead atoms. The molecule has 1 saturated heterocycles. The second-order valence-corrected chi connectivity index (χ2v) is 8.38. The largest absolute Gasteiger partial charge is 0.497 e. The fourth-order valence-corrected chi connectivity index (χ4v) is 4.33. The Morgan fingerprint density at radius 3 is 2.24 bits per heavy atom. The number of methoxy groups -OCH3 is 2. The second-order valence-electron chi connectivity index (χ2n) is 7.35. The molecule has 0 saturated carbocycles. The van der Waals surface area contributed by atoms with Gasteiger partial charge in [-0.05, 0) is 60.0 Å². The summed E-state index contributed by atoms with van der Waals surface area (Å²) in [7, 11) is 3.11. The summed E-state index contributed by atoms with van der Waals surface area (Å²) in [6, 6.07) is 15.9. The highest BCUT2D eigenvalue weighted by atomic mass is 32.1. The molecule has 0 spiro atoms. The van der Waals surface area contributed by atoms with Gasteiger partial charge in [0.25, 0.3) is 5.91 Å². The van der Waals surface area contributed by atoms with Crippen molar-refractivity contribution < 1.29 is 23.9 Å². The fraction of sp³-hybridized carbons (Fsp3) is 0.208. The third-order valence-electron chi connectivity index (χ3n) is 5.34. The minimum atomic E-state index is -0.917. The van der Waals surface area contributed by atoms with E-state index in [0.29, 0.717) is 22.9 Å². The van der Waals surface area contributed by atoms with Crippen LogP contribution in [0.3, 0.4) is 0 Å². The Morgan fingerprint density at radius 2 is 1.67 bits per heavy atom. The van der Waals surface area contributed by atoms with E-state index >= 15 is 0 Å². The minimum absolute atomic E-state index is 0.0910. The molecule has 3 aromatic rings. The maximum absolute atomic E-state index is 13.3. The highest BCUT2D eigenvalue weighted by Crippen LogP contribution is 2.29. The minimum Gasteiger partial charge on any atom is -0.497 e. The summed E-state index contributed by atoms with van der Waals surface area (Å²) in [4.78, 5) is 42.8.